The highest BCUT2D eigenvalue weighted by molar-refractivity contribution is 7.13. The maximum atomic E-state index is 12.1. The monoisotopic (exact) mass is 422 g/mol. The number of thiophene rings is 1. The molecule has 0 radical (unpaired) electrons. The molecule has 3 aromatic heterocycles. The average molecular weight is 422 g/mol. The van der Waals surface area contributed by atoms with E-state index in [4.69, 9.17) is 14.9 Å². The summed E-state index contributed by atoms with van der Waals surface area (Å²) in [5.74, 6) is 1.22. The van der Waals surface area contributed by atoms with E-state index in [2.05, 4.69) is 20.2 Å². The van der Waals surface area contributed by atoms with Crippen LogP contribution in [0.25, 0.3) is 33.6 Å². The molecule has 3 heterocycles. The summed E-state index contributed by atoms with van der Waals surface area (Å²) in [5.41, 5.74) is 8.22. The number of carbonyl (C=O) groups excluding carboxylic acids is 1. The molecule has 0 unspecified atom stereocenters. The molecule has 4 aromatic rings. The number of rotatable bonds is 5. The second-order valence-corrected chi connectivity index (χ2v) is 7.41. The smallest absolute Gasteiger partial charge is 0.270 e. The van der Waals surface area contributed by atoms with Gasteiger partial charge in [0, 0.05) is 25.2 Å². The van der Waals surface area contributed by atoms with Crippen LogP contribution in [0.3, 0.4) is 0 Å². The fraction of sp³-hybridized carbons (Fsp3) is 0.150. The summed E-state index contributed by atoms with van der Waals surface area (Å²) in [6.45, 7) is 0. The van der Waals surface area contributed by atoms with Crippen molar-refractivity contribution in [1.82, 2.24) is 25.1 Å². The van der Waals surface area contributed by atoms with Gasteiger partial charge in [-0.15, -0.1) is 21.5 Å². The number of methoxy groups -OCH3 is 1. The Hall–Kier alpha value is -3.79. The molecule has 1 aromatic carbocycles. The Balaban J connectivity index is 1.67. The van der Waals surface area contributed by atoms with Crippen LogP contribution >= 0.6 is 11.3 Å². The standard InChI is InChI=1S/C20H18N6O3S/c1-26(2)20(27)12-6-4-11(5-7-12)13-10-22-17(21)15(23-13)18-24-25-19(29-18)16-14(28-3)8-9-30-16/h4-10H,1-3H3,(H2,21,22). The molecule has 4 rings (SSSR count). The molecule has 10 heteroatoms. The van der Waals surface area contributed by atoms with Crippen LogP contribution in [0, 0.1) is 0 Å². The molecule has 0 aliphatic carbocycles. The Kier molecular flexibility index (Phi) is 5.15. The largest absolute Gasteiger partial charge is 0.495 e. The third-order valence-electron chi connectivity index (χ3n) is 4.31. The van der Waals surface area contributed by atoms with E-state index in [9.17, 15) is 4.79 Å². The van der Waals surface area contributed by atoms with Crippen LogP contribution in [0.2, 0.25) is 0 Å². The normalized spacial score (nSPS) is 10.8. The molecule has 0 bridgehead atoms. The molecule has 9 nitrogen and oxygen atoms in total. The highest BCUT2D eigenvalue weighted by Gasteiger charge is 2.19. The fourth-order valence-electron chi connectivity index (χ4n) is 2.76. The number of aromatic nitrogens is 4. The Morgan fingerprint density at radius 3 is 2.57 bits per heavy atom. The summed E-state index contributed by atoms with van der Waals surface area (Å²) >= 11 is 1.43. The van der Waals surface area contributed by atoms with Crippen LogP contribution in [0.5, 0.6) is 5.75 Å². The molecule has 0 aliphatic heterocycles. The second-order valence-electron chi connectivity index (χ2n) is 6.50. The number of nitrogens with zero attached hydrogens (tertiary/aromatic N) is 5. The number of nitrogen functional groups attached to an aromatic ring is 1. The van der Waals surface area contributed by atoms with Gasteiger partial charge in [0.2, 0.25) is 0 Å². The van der Waals surface area contributed by atoms with Gasteiger partial charge in [-0.2, -0.15) is 0 Å². The summed E-state index contributed by atoms with van der Waals surface area (Å²) in [6, 6.07) is 8.91. The third-order valence-corrected chi connectivity index (χ3v) is 5.19. The topological polar surface area (TPSA) is 120 Å². The van der Waals surface area contributed by atoms with Crippen molar-refractivity contribution in [2.75, 3.05) is 26.9 Å². The lowest BCUT2D eigenvalue weighted by molar-refractivity contribution is 0.0827. The van der Waals surface area contributed by atoms with E-state index in [1.54, 1.807) is 51.7 Å². The number of nitrogens with two attached hydrogens (primary N) is 1. The van der Waals surface area contributed by atoms with E-state index in [0.29, 0.717) is 22.9 Å². The van der Waals surface area contributed by atoms with Crippen LogP contribution in [0.15, 0.2) is 46.3 Å². The van der Waals surface area contributed by atoms with Crippen LogP contribution in [-0.4, -0.2) is 52.2 Å². The molecule has 152 valence electrons. The molecule has 0 saturated heterocycles. The fourth-order valence-corrected chi connectivity index (χ4v) is 3.54. The van der Waals surface area contributed by atoms with Crippen LogP contribution in [0.1, 0.15) is 10.4 Å². The van der Waals surface area contributed by atoms with Crippen molar-refractivity contribution in [3.8, 4) is 39.4 Å². The van der Waals surface area contributed by atoms with Crippen molar-refractivity contribution in [2.24, 2.45) is 0 Å². The molecule has 1 amide bonds. The number of anilines is 1. The summed E-state index contributed by atoms with van der Waals surface area (Å²) in [4.78, 5) is 23.1. The Labute approximate surface area is 176 Å². The number of ether oxygens (including phenoxy) is 1. The van der Waals surface area contributed by atoms with Gasteiger partial charge in [-0.05, 0) is 23.6 Å². The second kappa shape index (κ2) is 7.91. The van der Waals surface area contributed by atoms with Crippen molar-refractivity contribution in [2.45, 2.75) is 0 Å². The maximum Gasteiger partial charge on any atom is 0.270 e. The zero-order valence-electron chi connectivity index (χ0n) is 16.5. The minimum atomic E-state index is -0.0759. The van der Waals surface area contributed by atoms with Gasteiger partial charge in [0.25, 0.3) is 17.7 Å². The Morgan fingerprint density at radius 2 is 1.87 bits per heavy atom. The first-order chi connectivity index (χ1) is 14.5. The van der Waals surface area contributed by atoms with Crippen molar-refractivity contribution in [3.63, 3.8) is 0 Å². The zero-order chi connectivity index (χ0) is 21.3. The van der Waals surface area contributed by atoms with Gasteiger partial charge in [-0.3, -0.25) is 4.79 Å². The van der Waals surface area contributed by atoms with Gasteiger partial charge >= 0.3 is 0 Å². The van der Waals surface area contributed by atoms with Gasteiger partial charge in [0.05, 0.1) is 19.0 Å². The molecule has 0 fully saturated rings. The van der Waals surface area contributed by atoms with Crippen LogP contribution in [-0.2, 0) is 0 Å². The van der Waals surface area contributed by atoms with E-state index in [1.165, 1.54) is 16.2 Å². The van der Waals surface area contributed by atoms with Gasteiger partial charge < -0.3 is 19.8 Å². The number of amides is 1. The average Bonchev–Trinajstić information content (AvgIpc) is 3.42. The lowest BCUT2D eigenvalue weighted by atomic mass is 10.1. The Morgan fingerprint density at radius 1 is 1.13 bits per heavy atom. The predicted octanol–water partition coefficient (Wildman–Crippen LogP) is 3.21. The lowest BCUT2D eigenvalue weighted by Crippen LogP contribution is -2.21. The van der Waals surface area contributed by atoms with Gasteiger partial charge in [0.1, 0.15) is 10.6 Å². The van der Waals surface area contributed by atoms with Crippen molar-refractivity contribution < 1.29 is 13.9 Å². The van der Waals surface area contributed by atoms with E-state index >= 15 is 0 Å². The van der Waals surface area contributed by atoms with Gasteiger partial charge in [0.15, 0.2) is 11.5 Å². The molecule has 0 spiro atoms. The third kappa shape index (κ3) is 3.60. The number of hydrogen-bond acceptors (Lipinski definition) is 9. The number of hydrogen-bond donors (Lipinski definition) is 1. The quantitative estimate of drug-likeness (QED) is 0.520. The SMILES string of the molecule is COc1ccsc1-c1nnc(-c2nc(-c3ccc(C(=O)N(C)C)cc3)cnc2N)o1. The lowest BCUT2D eigenvalue weighted by Gasteiger charge is -2.10. The van der Waals surface area contributed by atoms with E-state index < -0.39 is 0 Å². The number of carbonyl (C=O) groups is 1. The summed E-state index contributed by atoms with van der Waals surface area (Å²) in [6.07, 6.45) is 1.56. The Bertz CT molecular complexity index is 1200. The minimum absolute atomic E-state index is 0.0759. The van der Waals surface area contributed by atoms with Crippen molar-refractivity contribution >= 4 is 23.1 Å². The van der Waals surface area contributed by atoms with Crippen molar-refractivity contribution in [3.05, 3.63) is 47.5 Å². The predicted molar refractivity (Wildman–Crippen MR) is 113 cm³/mol. The number of benzene rings is 1. The van der Waals surface area contributed by atoms with E-state index in [-0.39, 0.29) is 23.3 Å². The highest BCUT2D eigenvalue weighted by Crippen LogP contribution is 2.36. The summed E-state index contributed by atoms with van der Waals surface area (Å²) in [5, 5.41) is 10.0. The molecular weight excluding hydrogens is 404 g/mol. The first kappa shape index (κ1) is 19.5. The van der Waals surface area contributed by atoms with Crippen LogP contribution in [0.4, 0.5) is 5.82 Å². The summed E-state index contributed by atoms with van der Waals surface area (Å²) < 4.78 is 11.1. The zero-order valence-corrected chi connectivity index (χ0v) is 17.3. The molecule has 2 N–H and O–H groups in total. The first-order valence-electron chi connectivity index (χ1n) is 8.88. The van der Waals surface area contributed by atoms with Crippen molar-refractivity contribution in [1.29, 1.82) is 0 Å². The molecule has 0 saturated carbocycles. The molecule has 30 heavy (non-hydrogen) atoms. The molecule has 0 aliphatic rings. The highest BCUT2D eigenvalue weighted by atomic mass is 32.1. The van der Waals surface area contributed by atoms with E-state index in [1.807, 2.05) is 11.4 Å². The molecular formula is C20H18N6O3S. The maximum absolute atomic E-state index is 12.1. The van der Waals surface area contributed by atoms with E-state index in [0.717, 1.165) is 10.4 Å². The molecule has 0 atom stereocenters. The minimum Gasteiger partial charge on any atom is -0.495 e. The van der Waals surface area contributed by atoms with Crippen LogP contribution < -0.4 is 10.5 Å². The van der Waals surface area contributed by atoms with Gasteiger partial charge in [-0.25, -0.2) is 9.97 Å². The van der Waals surface area contributed by atoms with Gasteiger partial charge in [-0.1, -0.05) is 12.1 Å². The first-order valence-corrected chi connectivity index (χ1v) is 9.76. The summed E-state index contributed by atoms with van der Waals surface area (Å²) in [7, 11) is 4.99.